The van der Waals surface area contributed by atoms with Gasteiger partial charge in [0.15, 0.2) is 6.61 Å². The summed E-state index contributed by atoms with van der Waals surface area (Å²) in [4.78, 5) is 32.9. The zero-order valence-electron chi connectivity index (χ0n) is 19.4. The number of nitrogens with one attached hydrogen (secondary N) is 1. The topological polar surface area (TPSA) is 107 Å². The Morgan fingerprint density at radius 3 is 2.71 bits per heavy atom. The van der Waals surface area contributed by atoms with Gasteiger partial charge < -0.3 is 20.2 Å². The van der Waals surface area contributed by atoms with Gasteiger partial charge in [-0.2, -0.15) is 0 Å². The molecule has 1 saturated carbocycles. The van der Waals surface area contributed by atoms with Crippen molar-refractivity contribution in [3.63, 3.8) is 0 Å². The van der Waals surface area contributed by atoms with Crippen molar-refractivity contribution in [1.82, 2.24) is 9.97 Å². The van der Waals surface area contributed by atoms with E-state index < -0.39 is 5.91 Å². The number of primary amides is 1. The number of nitrogens with two attached hydrogens (primary N) is 1. The van der Waals surface area contributed by atoms with Gasteiger partial charge in [-0.1, -0.05) is 31.0 Å². The molecule has 1 aliphatic rings. The summed E-state index contributed by atoms with van der Waals surface area (Å²) in [6.45, 7) is 2.46. The second-order valence-corrected chi connectivity index (χ2v) is 9.30. The third-order valence-electron chi connectivity index (χ3n) is 6.26. The number of unbranched alkanes of at least 4 members (excludes halogenated alkanes) is 1. The first-order valence-corrected chi connectivity index (χ1v) is 12.2. The van der Waals surface area contributed by atoms with Crippen LogP contribution in [0.15, 0.2) is 42.7 Å². The van der Waals surface area contributed by atoms with Gasteiger partial charge in [-0.05, 0) is 60.2 Å². The zero-order chi connectivity index (χ0) is 24.5. The molecule has 0 unspecified atom stereocenters. The van der Waals surface area contributed by atoms with Gasteiger partial charge in [0.2, 0.25) is 5.78 Å². The number of carbonyl (C=O) groups is 2. The van der Waals surface area contributed by atoms with Crippen LogP contribution in [0.3, 0.4) is 0 Å². The van der Waals surface area contributed by atoms with Crippen molar-refractivity contribution < 1.29 is 19.1 Å². The van der Waals surface area contributed by atoms with E-state index in [2.05, 4.69) is 16.9 Å². The van der Waals surface area contributed by atoms with Crippen LogP contribution in [0, 0.1) is 0 Å². The summed E-state index contributed by atoms with van der Waals surface area (Å²) in [6, 6.07) is 8.62. The number of ketones is 1. The van der Waals surface area contributed by atoms with E-state index in [1.165, 1.54) is 0 Å². The molecule has 2 aromatic carbocycles. The minimum atomic E-state index is -0.649. The molecular weight excluding hydrogens is 466 g/mol. The standard InChI is InChI=1S/C27H26ClN3O4/c1-2-3-8-34-26-20(15-4-5-15)12-30-24-21(13-31-25(24)26)22(32)14-35-23-11-16-6-7-18(28)9-17(16)10-19(23)27(29)33/h6-7,9-13,15,31H,2-5,8,14H2,1H3,(H2,29,33). The van der Waals surface area contributed by atoms with Gasteiger partial charge >= 0.3 is 0 Å². The first-order chi connectivity index (χ1) is 17.0. The average Bonchev–Trinajstić information content (AvgIpc) is 3.60. The third-order valence-corrected chi connectivity index (χ3v) is 6.50. The molecule has 0 spiro atoms. The highest BCUT2D eigenvalue weighted by Gasteiger charge is 2.30. The van der Waals surface area contributed by atoms with Gasteiger partial charge in [0.05, 0.1) is 17.7 Å². The maximum Gasteiger partial charge on any atom is 0.252 e. The number of halogens is 1. The van der Waals surface area contributed by atoms with Gasteiger partial charge in [0.1, 0.15) is 22.5 Å². The maximum absolute atomic E-state index is 13.1. The van der Waals surface area contributed by atoms with Crippen LogP contribution in [0.4, 0.5) is 0 Å². The molecule has 0 saturated heterocycles. The Morgan fingerprint density at radius 2 is 1.97 bits per heavy atom. The number of rotatable bonds is 10. The SMILES string of the molecule is CCCCOc1c(C2CC2)cnc2c(C(=O)COc3cc4ccc(Cl)cc4cc3C(N)=O)c[nH]c12. The molecule has 5 rings (SSSR count). The molecule has 1 fully saturated rings. The second kappa shape index (κ2) is 9.58. The van der Waals surface area contributed by atoms with Crippen LogP contribution in [0.5, 0.6) is 11.5 Å². The fraction of sp³-hybridized carbons (Fsp3) is 0.296. The molecule has 0 atom stereocenters. The van der Waals surface area contributed by atoms with E-state index in [9.17, 15) is 9.59 Å². The number of amides is 1. The number of Topliss-reactive ketones (excluding diaryl/α,β-unsaturated/α-hetero) is 1. The van der Waals surface area contributed by atoms with Gasteiger partial charge in [-0.25, -0.2) is 0 Å². The normalized spacial score (nSPS) is 13.3. The maximum atomic E-state index is 13.1. The Hall–Kier alpha value is -3.58. The molecule has 1 aliphatic carbocycles. The summed E-state index contributed by atoms with van der Waals surface area (Å²) in [6.07, 6.45) is 7.70. The van der Waals surface area contributed by atoms with Crippen molar-refractivity contribution in [3.8, 4) is 11.5 Å². The Bertz CT molecular complexity index is 1440. The monoisotopic (exact) mass is 491 g/mol. The third kappa shape index (κ3) is 4.68. The molecule has 0 bridgehead atoms. The van der Waals surface area contributed by atoms with Crippen LogP contribution in [-0.2, 0) is 0 Å². The second-order valence-electron chi connectivity index (χ2n) is 8.86. The van der Waals surface area contributed by atoms with Crippen molar-refractivity contribution in [2.24, 2.45) is 5.73 Å². The Morgan fingerprint density at radius 1 is 1.14 bits per heavy atom. The minimum Gasteiger partial charge on any atom is -0.491 e. The van der Waals surface area contributed by atoms with Gasteiger partial charge in [0, 0.05) is 23.0 Å². The summed E-state index contributed by atoms with van der Waals surface area (Å²) < 4.78 is 11.9. The largest absolute Gasteiger partial charge is 0.491 e. The van der Waals surface area contributed by atoms with Gasteiger partial charge in [-0.15, -0.1) is 0 Å². The number of hydrogen-bond donors (Lipinski definition) is 2. The van der Waals surface area contributed by atoms with Crippen LogP contribution in [0.1, 0.15) is 64.8 Å². The van der Waals surface area contributed by atoms with Crippen LogP contribution >= 0.6 is 11.6 Å². The van der Waals surface area contributed by atoms with Gasteiger partial charge in [-0.3, -0.25) is 14.6 Å². The smallest absolute Gasteiger partial charge is 0.252 e. The van der Waals surface area contributed by atoms with E-state index in [1.807, 2.05) is 12.3 Å². The molecule has 8 heteroatoms. The van der Waals surface area contributed by atoms with Crippen molar-refractivity contribution in [1.29, 1.82) is 0 Å². The van der Waals surface area contributed by atoms with Crippen LogP contribution < -0.4 is 15.2 Å². The summed E-state index contributed by atoms with van der Waals surface area (Å²) in [7, 11) is 0. The first kappa shape index (κ1) is 23.2. The van der Waals surface area contributed by atoms with Crippen LogP contribution in [0.2, 0.25) is 5.02 Å². The molecule has 7 nitrogen and oxygen atoms in total. The summed E-state index contributed by atoms with van der Waals surface area (Å²) in [5, 5.41) is 2.12. The van der Waals surface area contributed by atoms with E-state index >= 15 is 0 Å². The molecule has 35 heavy (non-hydrogen) atoms. The Labute approximate surface area is 207 Å². The molecule has 2 aromatic heterocycles. The molecule has 1 amide bonds. The molecule has 0 radical (unpaired) electrons. The lowest BCUT2D eigenvalue weighted by Crippen LogP contribution is -2.16. The predicted molar refractivity (Wildman–Crippen MR) is 136 cm³/mol. The summed E-state index contributed by atoms with van der Waals surface area (Å²) >= 11 is 6.06. The number of hydrogen-bond acceptors (Lipinski definition) is 5. The quantitative estimate of drug-likeness (QED) is 0.216. The highest BCUT2D eigenvalue weighted by atomic mass is 35.5. The molecule has 4 aromatic rings. The van der Waals surface area contributed by atoms with E-state index in [4.69, 9.17) is 26.8 Å². The zero-order valence-corrected chi connectivity index (χ0v) is 20.2. The van der Waals surface area contributed by atoms with Crippen molar-refractivity contribution in [3.05, 3.63) is 64.4 Å². The number of fused-ring (bicyclic) bond motifs is 2. The number of aromatic nitrogens is 2. The highest BCUT2D eigenvalue weighted by molar-refractivity contribution is 6.31. The van der Waals surface area contributed by atoms with E-state index in [0.29, 0.717) is 28.6 Å². The lowest BCUT2D eigenvalue weighted by molar-refractivity contribution is 0.0913. The highest BCUT2D eigenvalue weighted by Crippen LogP contribution is 2.46. The van der Waals surface area contributed by atoms with Crippen molar-refractivity contribution in [2.45, 2.75) is 38.5 Å². The molecular formula is C27H26ClN3O4. The predicted octanol–water partition coefficient (Wildman–Crippen LogP) is 5.79. The number of benzene rings is 2. The fourth-order valence-electron chi connectivity index (χ4n) is 4.21. The fourth-order valence-corrected chi connectivity index (χ4v) is 4.39. The lowest BCUT2D eigenvalue weighted by Gasteiger charge is -2.12. The van der Waals surface area contributed by atoms with E-state index in [0.717, 1.165) is 53.3 Å². The average molecular weight is 492 g/mol. The van der Waals surface area contributed by atoms with Crippen molar-refractivity contribution in [2.75, 3.05) is 13.2 Å². The number of nitrogens with zero attached hydrogens (tertiary/aromatic N) is 1. The summed E-state index contributed by atoms with van der Waals surface area (Å²) in [5.74, 6) is 0.575. The lowest BCUT2D eigenvalue weighted by atomic mass is 10.1. The van der Waals surface area contributed by atoms with Crippen LogP contribution in [0.25, 0.3) is 21.8 Å². The van der Waals surface area contributed by atoms with Crippen LogP contribution in [-0.4, -0.2) is 34.9 Å². The van der Waals surface area contributed by atoms with Crippen molar-refractivity contribution >= 4 is 45.1 Å². The minimum absolute atomic E-state index is 0.185. The summed E-state index contributed by atoms with van der Waals surface area (Å²) in [5.41, 5.74) is 8.54. The number of pyridine rings is 1. The Kier molecular flexibility index (Phi) is 6.34. The number of H-pyrrole nitrogens is 1. The number of ether oxygens (including phenoxy) is 2. The molecule has 3 N–H and O–H groups in total. The van der Waals surface area contributed by atoms with Gasteiger partial charge in [0.25, 0.3) is 5.91 Å². The number of aromatic amines is 1. The first-order valence-electron chi connectivity index (χ1n) is 11.8. The Balaban J connectivity index is 1.42. The van der Waals surface area contributed by atoms with E-state index in [-0.39, 0.29) is 23.7 Å². The molecule has 2 heterocycles. The number of carbonyl (C=O) groups excluding carboxylic acids is 2. The molecule has 180 valence electrons. The molecule has 0 aliphatic heterocycles. The van der Waals surface area contributed by atoms with E-state index in [1.54, 1.807) is 30.5 Å².